The van der Waals surface area contributed by atoms with Crippen molar-refractivity contribution in [2.45, 2.75) is 32.3 Å². The van der Waals surface area contributed by atoms with Gasteiger partial charge in [0.25, 0.3) is 5.92 Å². The van der Waals surface area contributed by atoms with Gasteiger partial charge in [-0.1, -0.05) is 6.92 Å². The van der Waals surface area contributed by atoms with E-state index in [4.69, 9.17) is 4.11 Å². The van der Waals surface area contributed by atoms with Crippen molar-refractivity contribution >= 4 is 11.8 Å². The van der Waals surface area contributed by atoms with E-state index in [0.717, 1.165) is 4.90 Å². The summed E-state index contributed by atoms with van der Waals surface area (Å²) in [6, 6.07) is 0. The fraction of sp³-hybridized carbons (Fsp3) is 0.571. The second-order valence-electron chi connectivity index (χ2n) is 5.41. The number of nitrogens with zero attached hydrogens (tertiary/aromatic N) is 2. The van der Waals surface area contributed by atoms with Crippen LogP contribution in [0.5, 0.6) is 0 Å². The lowest BCUT2D eigenvalue weighted by Crippen LogP contribution is -2.46. The number of halogens is 5. The zero-order valence-electron chi connectivity index (χ0n) is 14.9. The molecule has 1 aromatic heterocycles. The minimum atomic E-state index is -5.14. The highest BCUT2D eigenvalue weighted by atomic mass is 19.4. The van der Waals surface area contributed by atoms with Crippen molar-refractivity contribution in [2.75, 3.05) is 18.0 Å². The number of alkyl halides is 5. The molecule has 0 unspecified atom stereocenters. The fourth-order valence-corrected chi connectivity index (χ4v) is 2.44. The predicted molar refractivity (Wildman–Crippen MR) is 71.9 cm³/mol. The molecule has 0 radical (unpaired) electrons. The zero-order valence-corrected chi connectivity index (χ0v) is 11.9. The van der Waals surface area contributed by atoms with E-state index in [9.17, 15) is 31.9 Å². The highest BCUT2D eigenvalue weighted by molar-refractivity contribution is 5.95. The Balaban J connectivity index is 2.68. The zero-order chi connectivity index (χ0) is 20.1. The largest absolute Gasteiger partial charge is 0.478 e. The highest BCUT2D eigenvalue weighted by Crippen LogP contribution is 2.38. The number of carboxylic acid groups (broad SMARTS) is 1. The molecule has 1 aromatic rings. The molecule has 1 saturated heterocycles. The molecule has 0 bridgehead atoms. The minimum absolute atomic E-state index is 0.237. The van der Waals surface area contributed by atoms with Gasteiger partial charge in [-0.05, 0) is 12.4 Å². The van der Waals surface area contributed by atoms with Gasteiger partial charge in [0, 0.05) is 35.7 Å². The van der Waals surface area contributed by atoms with Crippen LogP contribution >= 0.6 is 0 Å². The van der Waals surface area contributed by atoms with Crippen molar-refractivity contribution < 1.29 is 36.0 Å². The van der Waals surface area contributed by atoms with Crippen molar-refractivity contribution in [3.63, 3.8) is 0 Å². The van der Waals surface area contributed by atoms with Crippen LogP contribution in [0.25, 0.3) is 0 Å². The van der Waals surface area contributed by atoms with Crippen molar-refractivity contribution in [3.05, 3.63) is 22.9 Å². The number of carboxylic acids is 1. The predicted octanol–water partition coefficient (Wildman–Crippen LogP) is 3.59. The first-order valence-corrected chi connectivity index (χ1v) is 6.63. The van der Waals surface area contributed by atoms with Crippen LogP contribution in [0.4, 0.5) is 27.8 Å². The van der Waals surface area contributed by atoms with Crippen molar-refractivity contribution in [1.29, 1.82) is 0 Å². The van der Waals surface area contributed by atoms with Gasteiger partial charge in [0.15, 0.2) is 0 Å². The molecule has 0 spiro atoms. The van der Waals surface area contributed by atoms with Crippen molar-refractivity contribution in [1.82, 2.24) is 4.98 Å². The van der Waals surface area contributed by atoms with E-state index >= 15 is 0 Å². The van der Waals surface area contributed by atoms with E-state index in [-0.39, 0.29) is 19.3 Å². The lowest BCUT2D eigenvalue weighted by atomic mass is 9.94. The van der Waals surface area contributed by atoms with E-state index in [2.05, 4.69) is 4.98 Å². The molecule has 128 valence electrons. The highest BCUT2D eigenvalue weighted by Gasteiger charge is 2.43. The molecular formula is C14H15F5N2O2. The molecule has 4 nitrogen and oxygen atoms in total. The third-order valence-corrected chi connectivity index (χ3v) is 3.81. The first-order valence-electron chi connectivity index (χ1n) is 8.13. The van der Waals surface area contributed by atoms with Crippen LogP contribution in [-0.2, 0) is 6.18 Å². The lowest BCUT2D eigenvalue weighted by molar-refractivity contribution is -0.138. The molecule has 0 saturated carbocycles. The van der Waals surface area contributed by atoms with Gasteiger partial charge in [0.1, 0.15) is 11.4 Å². The summed E-state index contributed by atoms with van der Waals surface area (Å²) in [6.45, 7) is -2.91. The topological polar surface area (TPSA) is 53.4 Å². The molecule has 0 aliphatic carbocycles. The molecule has 0 aromatic carbocycles. The van der Waals surface area contributed by atoms with E-state index in [0.29, 0.717) is 0 Å². The molecule has 0 amide bonds. The van der Waals surface area contributed by atoms with Gasteiger partial charge in [0.2, 0.25) is 0 Å². The van der Waals surface area contributed by atoms with Gasteiger partial charge in [-0.25, -0.2) is 18.6 Å². The summed E-state index contributed by atoms with van der Waals surface area (Å²) >= 11 is 0. The van der Waals surface area contributed by atoms with Crippen LogP contribution in [-0.4, -0.2) is 35.1 Å². The van der Waals surface area contributed by atoms with E-state index in [1.807, 2.05) is 0 Å². The van der Waals surface area contributed by atoms with E-state index in [1.165, 1.54) is 6.92 Å². The Morgan fingerprint density at radius 1 is 1.52 bits per heavy atom. The van der Waals surface area contributed by atoms with Crippen LogP contribution < -0.4 is 4.90 Å². The average Bonchev–Trinajstić information content (AvgIpc) is 2.46. The summed E-state index contributed by atoms with van der Waals surface area (Å²) in [7, 11) is 0. The normalized spacial score (nSPS) is 23.8. The molecule has 1 N–H and O–H groups in total. The number of piperidine rings is 1. The van der Waals surface area contributed by atoms with E-state index in [1.54, 1.807) is 0 Å². The Labute approximate surface area is 133 Å². The van der Waals surface area contributed by atoms with Gasteiger partial charge in [-0.3, -0.25) is 0 Å². The number of anilines is 1. The molecular weight excluding hydrogens is 323 g/mol. The fourth-order valence-electron chi connectivity index (χ4n) is 2.44. The van der Waals surface area contributed by atoms with Crippen molar-refractivity contribution in [3.8, 4) is 0 Å². The van der Waals surface area contributed by atoms with Crippen LogP contribution in [0.1, 0.15) is 38.9 Å². The summed E-state index contributed by atoms with van der Waals surface area (Å²) in [6.07, 6.45) is -5.55. The quantitative estimate of drug-likeness (QED) is 0.836. The maximum atomic E-state index is 13.6. The summed E-state index contributed by atoms with van der Waals surface area (Å²) in [5, 5.41) is 9.37. The third kappa shape index (κ3) is 3.23. The smallest absolute Gasteiger partial charge is 0.418 e. The van der Waals surface area contributed by atoms with Crippen molar-refractivity contribution in [2.24, 2.45) is 5.92 Å². The van der Waals surface area contributed by atoms with Crippen LogP contribution in [0.3, 0.4) is 0 Å². The molecule has 1 aliphatic heterocycles. The number of hydrogen-bond donors (Lipinski definition) is 1. The first-order chi connectivity index (χ1) is 11.7. The first kappa shape index (κ1) is 13.5. The maximum Gasteiger partial charge on any atom is 0.418 e. The second-order valence-corrected chi connectivity index (χ2v) is 5.41. The van der Waals surface area contributed by atoms with Gasteiger partial charge in [-0.15, -0.1) is 0 Å². The maximum absolute atomic E-state index is 13.6. The summed E-state index contributed by atoms with van der Waals surface area (Å²) in [5.41, 5.74) is -4.22. The van der Waals surface area contributed by atoms with Crippen LogP contribution in [0.2, 0.25) is 0 Å². The number of carbonyl (C=O) groups is 1. The molecule has 1 fully saturated rings. The number of aromatic nitrogens is 1. The number of rotatable bonds is 2. The average molecular weight is 341 g/mol. The second kappa shape index (κ2) is 5.61. The number of aromatic carboxylic acids is 1. The van der Waals surface area contributed by atoms with Crippen LogP contribution in [0, 0.1) is 12.8 Å². The summed E-state index contributed by atoms with van der Waals surface area (Å²) in [4.78, 5) is 16.1. The van der Waals surface area contributed by atoms with Gasteiger partial charge >= 0.3 is 12.1 Å². The van der Waals surface area contributed by atoms with Gasteiger partial charge in [-0.2, -0.15) is 13.2 Å². The third-order valence-electron chi connectivity index (χ3n) is 3.81. The molecule has 1 atom stereocenters. The van der Waals surface area contributed by atoms with Gasteiger partial charge < -0.3 is 10.0 Å². The summed E-state index contributed by atoms with van der Waals surface area (Å²) < 4.78 is 88.8. The van der Waals surface area contributed by atoms with Crippen LogP contribution in [0.15, 0.2) is 6.20 Å². The molecule has 1 aliphatic rings. The lowest BCUT2D eigenvalue weighted by Gasteiger charge is -2.38. The van der Waals surface area contributed by atoms with E-state index < -0.39 is 59.8 Å². The standard InChI is InChI=1S/C14H15F5N2O2/c1-7-6-21(4-3-13(7,15)16)11-10(12(22)23)8(2)9(5-20-11)14(17,18)19/h5,7H,3-4,6H2,1-2H3,(H,22,23)/t7-/m0/s1/i2D3. The number of pyridine rings is 1. The van der Waals surface area contributed by atoms with Gasteiger partial charge in [0.05, 0.1) is 5.56 Å². The Bertz CT molecular complexity index is 722. The Morgan fingerprint density at radius 2 is 2.17 bits per heavy atom. The Kier molecular flexibility index (Phi) is 3.29. The SMILES string of the molecule is [2H]C([2H])([2H])c1c(C(F)(F)F)cnc(N2CCC(F)(F)[C@@H](C)C2)c1C(=O)O. The monoisotopic (exact) mass is 341 g/mol. The molecule has 9 heteroatoms. The Morgan fingerprint density at radius 3 is 2.65 bits per heavy atom. The molecule has 2 rings (SSSR count). The number of hydrogen-bond acceptors (Lipinski definition) is 3. The summed E-state index contributed by atoms with van der Waals surface area (Å²) in [5.74, 6) is -6.70. The molecule has 2 heterocycles. The Hall–Kier alpha value is -1.93. The molecule has 23 heavy (non-hydrogen) atoms. The minimum Gasteiger partial charge on any atom is -0.478 e.